The van der Waals surface area contributed by atoms with E-state index in [0.29, 0.717) is 0 Å². The predicted molar refractivity (Wildman–Crippen MR) is 108 cm³/mol. The highest BCUT2D eigenvalue weighted by Crippen LogP contribution is 2.44. The minimum absolute atomic E-state index is 0.0201. The van der Waals surface area contributed by atoms with Crippen LogP contribution in [0.15, 0.2) is 21.9 Å². The van der Waals surface area contributed by atoms with Gasteiger partial charge in [0.1, 0.15) is 6.10 Å². The van der Waals surface area contributed by atoms with Crippen molar-refractivity contribution in [2.75, 3.05) is 6.61 Å². The Hall–Kier alpha value is -1.78. The van der Waals surface area contributed by atoms with Gasteiger partial charge in [-0.2, -0.15) is 0 Å². The van der Waals surface area contributed by atoms with Crippen molar-refractivity contribution in [3.8, 4) is 0 Å². The van der Waals surface area contributed by atoms with Gasteiger partial charge in [0.05, 0.1) is 6.61 Å². The second-order valence-corrected chi connectivity index (χ2v) is 13.8. The average Bonchev–Trinajstić information content (AvgIpc) is 2.83. The van der Waals surface area contributed by atoms with Crippen molar-refractivity contribution in [1.29, 1.82) is 0 Å². The van der Waals surface area contributed by atoms with Gasteiger partial charge in [0, 0.05) is 18.7 Å². The molecular weight excluding hydrogens is 399 g/mol. The first kappa shape index (κ1) is 23.5. The molecule has 0 aliphatic carbocycles. The number of ether oxygens (including phenoxy) is 2. The highest BCUT2D eigenvalue weighted by atomic mass is 28.4. The SMILES string of the molecule is CCC(=O)OC1[C@H](CO[Si](C)(C)C(C)(C)C)O[C@H](n2ccc(=O)[nH]c2=O)C1(C)F. The molecule has 2 heterocycles. The molecule has 29 heavy (non-hydrogen) atoms. The molecule has 4 atom stereocenters. The molecule has 1 aliphatic heterocycles. The normalized spacial score (nSPS) is 27.8. The van der Waals surface area contributed by atoms with E-state index in [0.717, 1.165) is 10.6 Å². The molecule has 0 aromatic carbocycles. The number of rotatable bonds is 6. The molecule has 8 nitrogen and oxygen atoms in total. The summed E-state index contributed by atoms with van der Waals surface area (Å²) in [6.45, 7) is 13.2. The van der Waals surface area contributed by atoms with Crippen LogP contribution in [-0.2, 0) is 18.7 Å². The van der Waals surface area contributed by atoms with Gasteiger partial charge in [0.25, 0.3) is 5.56 Å². The number of hydrogen-bond donors (Lipinski definition) is 1. The molecule has 10 heteroatoms. The van der Waals surface area contributed by atoms with Gasteiger partial charge >= 0.3 is 11.7 Å². The monoisotopic (exact) mass is 430 g/mol. The summed E-state index contributed by atoms with van der Waals surface area (Å²) in [5.41, 5.74) is -3.62. The largest absolute Gasteiger partial charge is 0.456 e. The first-order valence-corrected chi connectivity index (χ1v) is 12.6. The van der Waals surface area contributed by atoms with E-state index in [1.165, 1.54) is 13.1 Å². The van der Waals surface area contributed by atoms with E-state index in [-0.39, 0.29) is 18.1 Å². The number of carbonyl (C=O) groups excluding carboxylic acids is 1. The Morgan fingerprint density at radius 2 is 2.00 bits per heavy atom. The summed E-state index contributed by atoms with van der Waals surface area (Å²) >= 11 is 0. The summed E-state index contributed by atoms with van der Waals surface area (Å²) in [5.74, 6) is -0.575. The van der Waals surface area contributed by atoms with Crippen molar-refractivity contribution >= 4 is 14.3 Å². The third-order valence-electron chi connectivity index (χ3n) is 5.75. The lowest BCUT2D eigenvalue weighted by Gasteiger charge is -2.37. The summed E-state index contributed by atoms with van der Waals surface area (Å²) in [6, 6.07) is 1.10. The molecule has 1 aromatic rings. The van der Waals surface area contributed by atoms with Crippen molar-refractivity contribution in [3.63, 3.8) is 0 Å². The molecule has 1 aliphatic rings. The molecule has 164 valence electrons. The summed E-state index contributed by atoms with van der Waals surface area (Å²) in [5, 5.41) is -0.0739. The number of halogens is 1. The van der Waals surface area contributed by atoms with Crippen LogP contribution < -0.4 is 11.2 Å². The Morgan fingerprint density at radius 3 is 2.52 bits per heavy atom. The lowest BCUT2D eigenvalue weighted by molar-refractivity contribution is -0.157. The van der Waals surface area contributed by atoms with Gasteiger partial charge in [-0.05, 0) is 25.1 Å². The van der Waals surface area contributed by atoms with Crippen LogP contribution in [0.4, 0.5) is 4.39 Å². The van der Waals surface area contributed by atoms with E-state index in [9.17, 15) is 14.4 Å². The zero-order valence-electron chi connectivity index (χ0n) is 18.1. The number of esters is 1. The molecule has 2 unspecified atom stereocenters. The van der Waals surface area contributed by atoms with E-state index in [1.54, 1.807) is 6.92 Å². The van der Waals surface area contributed by atoms with Crippen LogP contribution in [0.3, 0.4) is 0 Å². The van der Waals surface area contributed by atoms with Crippen molar-refractivity contribution < 1.29 is 23.1 Å². The van der Waals surface area contributed by atoms with Crippen molar-refractivity contribution in [1.82, 2.24) is 9.55 Å². The smallest absolute Gasteiger partial charge is 0.330 e. The Labute approximate surface area is 170 Å². The van der Waals surface area contributed by atoms with Gasteiger partial charge in [0.15, 0.2) is 26.3 Å². The van der Waals surface area contributed by atoms with Gasteiger partial charge in [-0.15, -0.1) is 0 Å². The van der Waals surface area contributed by atoms with Crippen LogP contribution in [0.2, 0.25) is 18.1 Å². The average molecular weight is 431 g/mol. The molecule has 0 radical (unpaired) electrons. The van der Waals surface area contributed by atoms with E-state index >= 15 is 4.39 Å². The van der Waals surface area contributed by atoms with E-state index in [1.807, 2.05) is 13.1 Å². The molecule has 2 rings (SSSR count). The molecule has 0 spiro atoms. The number of hydrogen-bond acceptors (Lipinski definition) is 6. The fraction of sp³-hybridized carbons (Fsp3) is 0.737. The van der Waals surface area contributed by atoms with Crippen molar-refractivity contribution in [2.45, 2.75) is 83.3 Å². The first-order valence-electron chi connectivity index (χ1n) is 9.70. The number of aromatic nitrogens is 2. The zero-order chi connectivity index (χ0) is 22.2. The van der Waals surface area contributed by atoms with E-state index < -0.39 is 49.6 Å². The summed E-state index contributed by atoms with van der Waals surface area (Å²) < 4.78 is 34.1. The van der Waals surface area contributed by atoms with Crippen molar-refractivity contribution in [2.24, 2.45) is 0 Å². The van der Waals surface area contributed by atoms with Crippen LogP contribution in [-0.4, -0.2) is 48.3 Å². The van der Waals surface area contributed by atoms with Gasteiger partial charge in [-0.25, -0.2) is 9.18 Å². The molecule has 1 aromatic heterocycles. The van der Waals surface area contributed by atoms with Crippen molar-refractivity contribution in [3.05, 3.63) is 33.1 Å². The maximum absolute atomic E-state index is 15.8. The van der Waals surface area contributed by atoms with E-state index in [2.05, 4.69) is 25.8 Å². The van der Waals surface area contributed by atoms with Gasteiger partial charge < -0.3 is 13.9 Å². The Morgan fingerprint density at radius 1 is 1.38 bits per heavy atom. The number of nitrogens with one attached hydrogen (secondary N) is 1. The topological polar surface area (TPSA) is 99.6 Å². The lowest BCUT2D eigenvalue weighted by atomic mass is 9.98. The molecule has 1 saturated heterocycles. The van der Waals surface area contributed by atoms with Gasteiger partial charge in [0.2, 0.25) is 0 Å². The Balaban J connectivity index is 2.36. The highest BCUT2D eigenvalue weighted by Gasteiger charge is 2.58. The molecular formula is C19H31FN2O6Si. The molecule has 1 N–H and O–H groups in total. The van der Waals surface area contributed by atoms with Crippen LogP contribution in [0.1, 0.15) is 47.3 Å². The predicted octanol–water partition coefficient (Wildman–Crippen LogP) is 2.51. The van der Waals surface area contributed by atoms with Crippen LogP contribution in [0, 0.1) is 0 Å². The van der Waals surface area contributed by atoms with Crippen LogP contribution in [0.25, 0.3) is 0 Å². The number of nitrogens with zero attached hydrogens (tertiary/aromatic N) is 1. The zero-order valence-corrected chi connectivity index (χ0v) is 19.1. The third-order valence-corrected chi connectivity index (χ3v) is 10.2. The quantitative estimate of drug-likeness (QED) is 0.550. The maximum atomic E-state index is 15.8. The molecule has 0 bridgehead atoms. The Bertz CT molecular complexity index is 857. The molecule has 0 amide bonds. The minimum Gasteiger partial charge on any atom is -0.456 e. The second-order valence-electron chi connectivity index (χ2n) is 9.03. The highest BCUT2D eigenvalue weighted by molar-refractivity contribution is 6.74. The number of aromatic amines is 1. The lowest BCUT2D eigenvalue weighted by Crippen LogP contribution is -2.48. The summed E-state index contributed by atoms with van der Waals surface area (Å²) in [4.78, 5) is 37.5. The third kappa shape index (κ3) is 4.87. The fourth-order valence-electron chi connectivity index (χ4n) is 2.87. The van der Waals surface area contributed by atoms with Crippen LogP contribution in [0.5, 0.6) is 0 Å². The maximum Gasteiger partial charge on any atom is 0.330 e. The van der Waals surface area contributed by atoms with Gasteiger partial charge in [-0.3, -0.25) is 19.1 Å². The van der Waals surface area contributed by atoms with E-state index in [4.69, 9.17) is 13.9 Å². The number of H-pyrrole nitrogens is 1. The minimum atomic E-state index is -2.21. The Kier molecular flexibility index (Phi) is 6.61. The van der Waals surface area contributed by atoms with Crippen LogP contribution >= 0.6 is 0 Å². The van der Waals surface area contributed by atoms with Gasteiger partial charge in [-0.1, -0.05) is 27.7 Å². The molecule has 1 fully saturated rings. The number of carbonyl (C=O) groups is 1. The number of alkyl halides is 1. The first-order chi connectivity index (χ1) is 13.2. The second kappa shape index (κ2) is 8.15. The molecule has 0 saturated carbocycles. The summed E-state index contributed by atoms with van der Waals surface area (Å²) in [7, 11) is -2.18. The standard InChI is InChI=1S/C19H31FN2O6Si/c1-8-14(24)28-15-12(11-26-29(6,7)18(2,3)4)27-16(19(15,5)20)22-10-9-13(23)21-17(22)25/h9-10,12,15-16H,8,11H2,1-7H3,(H,21,23,25)/t12-,15?,16-,19?/m0/s1. The fourth-order valence-corrected chi connectivity index (χ4v) is 3.89. The summed E-state index contributed by atoms with van der Waals surface area (Å²) in [6.07, 6.45) is -2.30.